The summed E-state index contributed by atoms with van der Waals surface area (Å²) in [5, 5.41) is 9.94. The van der Waals surface area contributed by atoms with Crippen molar-refractivity contribution in [3.63, 3.8) is 0 Å². The van der Waals surface area contributed by atoms with E-state index in [4.69, 9.17) is 0 Å². The highest BCUT2D eigenvalue weighted by atomic mass is 16.2. The van der Waals surface area contributed by atoms with Crippen LogP contribution in [0.3, 0.4) is 0 Å². The third kappa shape index (κ3) is 2.18. The van der Waals surface area contributed by atoms with Gasteiger partial charge in [-0.15, -0.1) is 5.10 Å². The lowest BCUT2D eigenvalue weighted by Gasteiger charge is -2.07. The molecule has 1 N–H and O–H groups in total. The number of carbonyl (C=O) groups excluding carboxylic acids is 2. The Morgan fingerprint density at radius 1 is 1.53 bits per heavy atom. The molecule has 1 aliphatic rings. The zero-order chi connectivity index (χ0) is 10.7. The molecule has 1 aromatic rings. The number of ketones is 1. The lowest BCUT2D eigenvalue weighted by atomic mass is 10.1. The molecule has 1 atom stereocenters. The molecule has 0 radical (unpaired) electrons. The van der Waals surface area contributed by atoms with E-state index >= 15 is 0 Å². The second kappa shape index (κ2) is 4.16. The largest absolute Gasteiger partial charge is 0.309 e. The first-order chi connectivity index (χ1) is 7.27. The van der Waals surface area contributed by atoms with Crippen molar-refractivity contribution in [1.29, 1.82) is 0 Å². The molecule has 1 unspecified atom stereocenters. The van der Waals surface area contributed by atoms with Gasteiger partial charge in [-0.3, -0.25) is 9.59 Å². The van der Waals surface area contributed by atoms with Gasteiger partial charge >= 0.3 is 0 Å². The molecule has 1 fully saturated rings. The molecule has 1 aromatic heterocycles. The van der Waals surface area contributed by atoms with Crippen molar-refractivity contribution in [3.8, 4) is 0 Å². The quantitative estimate of drug-likeness (QED) is 0.724. The van der Waals surface area contributed by atoms with E-state index in [2.05, 4.69) is 15.5 Å². The Kier molecular flexibility index (Phi) is 2.71. The molecule has 5 nitrogen and oxygen atoms in total. The number of rotatable bonds is 2. The molecule has 1 saturated carbocycles. The van der Waals surface area contributed by atoms with Gasteiger partial charge in [0.2, 0.25) is 5.91 Å². The smallest absolute Gasteiger partial charge is 0.236 e. The first-order valence-electron chi connectivity index (χ1n) is 4.88. The average Bonchev–Trinajstić information content (AvgIpc) is 2.66. The minimum Gasteiger partial charge on any atom is -0.309 e. The second-order valence-corrected chi connectivity index (χ2v) is 3.51. The van der Waals surface area contributed by atoms with Crippen molar-refractivity contribution < 1.29 is 9.59 Å². The summed E-state index contributed by atoms with van der Waals surface area (Å²) < 4.78 is 0. The molecule has 5 heteroatoms. The molecular weight excluding hydrogens is 194 g/mol. The molecule has 1 aliphatic carbocycles. The Bertz CT molecular complexity index is 378. The fraction of sp³-hybridized carbons (Fsp3) is 0.400. The summed E-state index contributed by atoms with van der Waals surface area (Å²) in [5.74, 6) is -0.344. The van der Waals surface area contributed by atoms with Gasteiger partial charge in [0.15, 0.2) is 5.82 Å². The van der Waals surface area contributed by atoms with Gasteiger partial charge in [0.1, 0.15) is 5.78 Å². The monoisotopic (exact) mass is 205 g/mol. The predicted molar refractivity (Wildman–Crippen MR) is 53.0 cm³/mol. The van der Waals surface area contributed by atoms with Crippen LogP contribution in [0, 0.1) is 5.92 Å². The van der Waals surface area contributed by atoms with Crippen LogP contribution in [0.1, 0.15) is 19.3 Å². The maximum atomic E-state index is 11.6. The number of anilines is 1. The summed E-state index contributed by atoms with van der Waals surface area (Å²) in [6.07, 6.45) is 3.48. The van der Waals surface area contributed by atoms with Crippen LogP contribution in [0.5, 0.6) is 0 Å². The van der Waals surface area contributed by atoms with Gasteiger partial charge in [0, 0.05) is 12.6 Å². The summed E-state index contributed by atoms with van der Waals surface area (Å²) in [6.45, 7) is 0. The van der Waals surface area contributed by atoms with Crippen LogP contribution in [-0.2, 0) is 9.59 Å². The Morgan fingerprint density at radius 2 is 2.40 bits per heavy atom. The zero-order valence-electron chi connectivity index (χ0n) is 8.14. The van der Waals surface area contributed by atoms with Crippen molar-refractivity contribution in [3.05, 3.63) is 18.3 Å². The fourth-order valence-electron chi connectivity index (χ4n) is 1.67. The van der Waals surface area contributed by atoms with E-state index < -0.39 is 5.92 Å². The Morgan fingerprint density at radius 3 is 3.00 bits per heavy atom. The normalized spacial score (nSPS) is 20.3. The van der Waals surface area contributed by atoms with Gasteiger partial charge in [0.05, 0.1) is 5.92 Å². The number of amides is 1. The number of nitrogens with one attached hydrogen (secondary N) is 1. The number of carbonyl (C=O) groups is 2. The number of hydrogen-bond acceptors (Lipinski definition) is 4. The van der Waals surface area contributed by atoms with Gasteiger partial charge in [0.25, 0.3) is 0 Å². The van der Waals surface area contributed by atoms with Gasteiger partial charge < -0.3 is 5.32 Å². The minimum absolute atomic E-state index is 0.0244. The fourth-order valence-corrected chi connectivity index (χ4v) is 1.67. The van der Waals surface area contributed by atoms with Gasteiger partial charge in [-0.1, -0.05) is 0 Å². The number of Topliss-reactive ketones (excluding diaryl/α,β-unsaturated/α-hetero) is 1. The highest BCUT2D eigenvalue weighted by molar-refractivity contribution is 6.07. The van der Waals surface area contributed by atoms with Crippen LogP contribution >= 0.6 is 0 Å². The topological polar surface area (TPSA) is 72.0 Å². The summed E-state index contributed by atoms with van der Waals surface area (Å²) in [5.41, 5.74) is 0. The maximum absolute atomic E-state index is 11.6. The number of aromatic nitrogens is 2. The van der Waals surface area contributed by atoms with Crippen molar-refractivity contribution in [2.24, 2.45) is 5.92 Å². The zero-order valence-corrected chi connectivity index (χ0v) is 8.14. The van der Waals surface area contributed by atoms with E-state index in [0.717, 1.165) is 6.42 Å². The van der Waals surface area contributed by atoms with Gasteiger partial charge in [-0.05, 0) is 25.0 Å². The van der Waals surface area contributed by atoms with Crippen LogP contribution in [-0.4, -0.2) is 21.9 Å². The SMILES string of the molecule is O=C1CCCC1C(=O)Nc1cccnn1. The average molecular weight is 205 g/mol. The van der Waals surface area contributed by atoms with Crippen molar-refractivity contribution in [2.75, 3.05) is 5.32 Å². The first-order valence-corrected chi connectivity index (χ1v) is 4.88. The highest BCUT2D eigenvalue weighted by Crippen LogP contribution is 2.22. The molecule has 2 rings (SSSR count). The molecule has 0 spiro atoms. The van der Waals surface area contributed by atoms with E-state index in [9.17, 15) is 9.59 Å². The van der Waals surface area contributed by atoms with Gasteiger partial charge in [-0.25, -0.2) is 0 Å². The molecule has 15 heavy (non-hydrogen) atoms. The summed E-state index contributed by atoms with van der Waals surface area (Å²) in [4.78, 5) is 22.9. The molecule has 0 bridgehead atoms. The van der Waals surface area contributed by atoms with Crippen LogP contribution < -0.4 is 5.32 Å². The third-order valence-electron chi connectivity index (χ3n) is 2.44. The molecular formula is C10H11N3O2. The van der Waals surface area contributed by atoms with Crippen molar-refractivity contribution in [2.45, 2.75) is 19.3 Å². The van der Waals surface area contributed by atoms with Gasteiger partial charge in [-0.2, -0.15) is 5.10 Å². The minimum atomic E-state index is -0.494. The predicted octanol–water partition coefficient (Wildman–Crippen LogP) is 0.784. The molecule has 1 amide bonds. The number of hydrogen-bond donors (Lipinski definition) is 1. The molecule has 78 valence electrons. The molecule has 0 aromatic carbocycles. The Labute approximate surface area is 86.9 Å². The van der Waals surface area contributed by atoms with Crippen LogP contribution in [0.2, 0.25) is 0 Å². The Balaban J connectivity index is 2.01. The van der Waals surface area contributed by atoms with E-state index in [1.807, 2.05) is 0 Å². The molecule has 1 heterocycles. The van der Waals surface area contributed by atoms with E-state index in [-0.39, 0.29) is 11.7 Å². The van der Waals surface area contributed by atoms with Crippen LogP contribution in [0.4, 0.5) is 5.82 Å². The van der Waals surface area contributed by atoms with Crippen LogP contribution in [0.25, 0.3) is 0 Å². The maximum Gasteiger partial charge on any atom is 0.236 e. The third-order valence-corrected chi connectivity index (χ3v) is 2.44. The molecule has 0 aliphatic heterocycles. The first kappa shape index (κ1) is 9.76. The van der Waals surface area contributed by atoms with E-state index in [1.165, 1.54) is 6.20 Å². The second-order valence-electron chi connectivity index (χ2n) is 3.51. The standard InChI is InChI=1S/C10H11N3O2/c14-8-4-1-3-7(8)10(15)12-9-5-2-6-11-13-9/h2,5-7H,1,3-4H2,(H,12,13,15). The summed E-state index contributed by atoms with van der Waals surface area (Å²) in [7, 11) is 0. The lowest BCUT2D eigenvalue weighted by Crippen LogP contribution is -2.26. The van der Waals surface area contributed by atoms with Crippen molar-refractivity contribution >= 4 is 17.5 Å². The van der Waals surface area contributed by atoms with Crippen LogP contribution in [0.15, 0.2) is 18.3 Å². The van der Waals surface area contributed by atoms with Crippen molar-refractivity contribution in [1.82, 2.24) is 10.2 Å². The number of nitrogens with zero attached hydrogens (tertiary/aromatic N) is 2. The Hall–Kier alpha value is -1.78. The highest BCUT2D eigenvalue weighted by Gasteiger charge is 2.30. The van der Waals surface area contributed by atoms with E-state index in [1.54, 1.807) is 12.1 Å². The summed E-state index contributed by atoms with van der Waals surface area (Å²) >= 11 is 0. The lowest BCUT2D eigenvalue weighted by molar-refractivity contribution is -0.129. The summed E-state index contributed by atoms with van der Waals surface area (Å²) in [6, 6.07) is 3.32. The molecule has 0 saturated heterocycles. The van der Waals surface area contributed by atoms with E-state index in [0.29, 0.717) is 18.7 Å².